The molecule has 6 nitrogen and oxygen atoms in total. The van der Waals surface area contributed by atoms with Crippen LogP contribution in [-0.2, 0) is 45.9 Å². The fourth-order valence-electron chi connectivity index (χ4n) is 11.5. The van der Waals surface area contributed by atoms with E-state index in [1.54, 1.807) is 12.1 Å². The monoisotopic (exact) mass is 1220 g/mol. The molecule has 0 aliphatic rings. The SMILES string of the molecule is CCCCCCCCCCCCc1ccc(S(=O)(=O)[O-])c2c(CCCCCCCCCCCC)cccc12.CCCCCCCCCCCCc1ccc(S(=O)(=O)[O-])c2c(CCCCCCCCCCCC)cccc12.[Ba+2]. The minimum Gasteiger partial charge on any atom is -0.744 e. The molecule has 0 heterocycles. The van der Waals surface area contributed by atoms with Gasteiger partial charge in [0.1, 0.15) is 20.2 Å². The molecule has 0 bridgehead atoms. The molecule has 0 amide bonds. The van der Waals surface area contributed by atoms with Gasteiger partial charge in [-0.3, -0.25) is 0 Å². The van der Waals surface area contributed by atoms with E-state index in [1.807, 2.05) is 48.5 Å². The van der Waals surface area contributed by atoms with Gasteiger partial charge in [-0.1, -0.05) is 307 Å². The van der Waals surface area contributed by atoms with Crippen LogP contribution in [0.2, 0.25) is 0 Å². The number of aryl methyl sites for hydroxylation is 4. The Balaban J connectivity index is 0.000000520. The van der Waals surface area contributed by atoms with E-state index in [-0.39, 0.29) is 58.7 Å². The maximum absolute atomic E-state index is 12.1. The second-order valence-electron chi connectivity index (χ2n) is 22.8. The average Bonchev–Trinajstić information content (AvgIpc) is 3.40. The summed E-state index contributed by atoms with van der Waals surface area (Å²) in [6, 6.07) is 19.0. The Morgan fingerprint density at radius 2 is 0.481 bits per heavy atom. The van der Waals surface area contributed by atoms with Crippen LogP contribution in [0.25, 0.3) is 21.5 Å². The molecule has 0 unspecified atom stereocenters. The molecule has 4 aromatic carbocycles. The summed E-state index contributed by atoms with van der Waals surface area (Å²) in [5, 5.41) is 3.29. The Morgan fingerprint density at radius 3 is 0.701 bits per heavy atom. The smallest absolute Gasteiger partial charge is 0.744 e. The van der Waals surface area contributed by atoms with E-state index in [9.17, 15) is 25.9 Å². The zero-order chi connectivity index (χ0) is 55.0. The van der Waals surface area contributed by atoms with E-state index in [4.69, 9.17) is 0 Å². The van der Waals surface area contributed by atoms with Gasteiger partial charge in [0.25, 0.3) is 0 Å². The molecule has 432 valence electrons. The third-order valence-electron chi connectivity index (χ3n) is 16.1. The molecule has 0 spiro atoms. The number of hydrogen-bond acceptors (Lipinski definition) is 6. The molecule has 4 rings (SSSR count). The van der Waals surface area contributed by atoms with Crippen molar-refractivity contribution in [3.8, 4) is 0 Å². The Kier molecular flexibility index (Phi) is 42.3. The molecule has 0 aliphatic heterocycles. The van der Waals surface area contributed by atoms with Crippen LogP contribution in [0, 0.1) is 0 Å². The quantitative estimate of drug-likeness (QED) is 0.0247. The molecule has 0 N–H and O–H groups in total. The molecule has 0 saturated heterocycles. The molecule has 0 saturated carbocycles. The molecular weight excluding hydrogens is 1110 g/mol. The van der Waals surface area contributed by atoms with Crippen molar-refractivity contribution in [2.75, 3.05) is 0 Å². The standard InChI is InChI=1S/2C34H56O3S.Ba/c2*1-3-5-7-9-11-13-15-17-19-21-24-30-28-29-33(38(35,36)37)34-31(26-23-27-32(30)34)25-22-20-18-16-14-12-10-8-6-4-2;/h2*23,26-29H,3-22,24-25H2,1-2H3,(H,35,36,37);/q;;+2/p-2. The minimum absolute atomic E-state index is 0. The maximum atomic E-state index is 12.1. The van der Waals surface area contributed by atoms with Crippen LogP contribution in [0.3, 0.4) is 0 Å². The molecule has 77 heavy (non-hydrogen) atoms. The Labute approximate surface area is 514 Å². The second-order valence-corrected chi connectivity index (χ2v) is 25.5. The predicted octanol–water partition coefficient (Wildman–Crippen LogP) is 21.0. The predicted molar refractivity (Wildman–Crippen MR) is 332 cm³/mol. The minimum atomic E-state index is -4.52. The van der Waals surface area contributed by atoms with E-state index in [2.05, 4.69) is 27.7 Å². The van der Waals surface area contributed by atoms with Gasteiger partial charge < -0.3 is 9.11 Å². The fraction of sp³-hybridized carbons (Fsp3) is 0.706. The topological polar surface area (TPSA) is 114 Å². The van der Waals surface area contributed by atoms with Gasteiger partial charge in [-0.05, 0) is 96.5 Å². The third-order valence-corrected chi connectivity index (χ3v) is 17.9. The number of rotatable bonds is 46. The van der Waals surface area contributed by atoms with Crippen molar-refractivity contribution in [3.63, 3.8) is 0 Å². The Morgan fingerprint density at radius 1 is 0.273 bits per heavy atom. The number of fused-ring (bicyclic) bond motifs is 2. The van der Waals surface area contributed by atoms with Gasteiger partial charge in [0.2, 0.25) is 0 Å². The average molecular weight is 1230 g/mol. The molecule has 0 fully saturated rings. The van der Waals surface area contributed by atoms with Crippen LogP contribution < -0.4 is 0 Å². The molecule has 0 atom stereocenters. The van der Waals surface area contributed by atoms with E-state index in [0.717, 1.165) is 86.1 Å². The summed E-state index contributed by atoms with van der Waals surface area (Å²) in [4.78, 5) is -0.0796. The third kappa shape index (κ3) is 31.2. The van der Waals surface area contributed by atoms with Crippen LogP contribution in [0.4, 0.5) is 0 Å². The van der Waals surface area contributed by atoms with E-state index in [1.165, 1.54) is 229 Å². The molecule has 4 aromatic rings. The largest absolute Gasteiger partial charge is 2.00 e. The van der Waals surface area contributed by atoms with Gasteiger partial charge in [-0.2, -0.15) is 0 Å². The summed E-state index contributed by atoms with van der Waals surface area (Å²) in [5.74, 6) is 0. The van der Waals surface area contributed by atoms with Gasteiger partial charge in [-0.25, -0.2) is 16.8 Å². The van der Waals surface area contributed by atoms with E-state index < -0.39 is 20.2 Å². The van der Waals surface area contributed by atoms with Gasteiger partial charge in [0, 0.05) is 10.8 Å². The van der Waals surface area contributed by atoms with Gasteiger partial charge >= 0.3 is 48.9 Å². The van der Waals surface area contributed by atoms with Gasteiger partial charge in [-0.15, -0.1) is 0 Å². The van der Waals surface area contributed by atoms with Crippen molar-refractivity contribution in [1.29, 1.82) is 0 Å². The van der Waals surface area contributed by atoms with E-state index >= 15 is 0 Å². The van der Waals surface area contributed by atoms with Crippen molar-refractivity contribution >= 4 is 90.7 Å². The molecule has 9 heteroatoms. The summed E-state index contributed by atoms with van der Waals surface area (Å²) in [6.07, 6.45) is 55.0. The van der Waals surface area contributed by atoms with Crippen molar-refractivity contribution in [3.05, 3.63) is 82.9 Å². The zero-order valence-electron chi connectivity index (χ0n) is 49.9. The zero-order valence-corrected chi connectivity index (χ0v) is 55.9. The Hall–Kier alpha value is -1.21. The summed E-state index contributed by atoms with van der Waals surface area (Å²) in [7, 11) is -9.03. The van der Waals surface area contributed by atoms with Crippen LogP contribution in [0.5, 0.6) is 0 Å². The van der Waals surface area contributed by atoms with Crippen LogP contribution in [0.1, 0.15) is 307 Å². The maximum Gasteiger partial charge on any atom is 2.00 e. The van der Waals surface area contributed by atoms with E-state index in [0.29, 0.717) is 10.8 Å². The first-order valence-corrected chi connectivity index (χ1v) is 34.8. The fourth-order valence-corrected chi connectivity index (χ4v) is 12.9. The summed E-state index contributed by atoms with van der Waals surface area (Å²) >= 11 is 0. The molecule has 0 aliphatic carbocycles. The van der Waals surface area contributed by atoms with Crippen LogP contribution in [0.15, 0.2) is 70.5 Å². The van der Waals surface area contributed by atoms with Crippen LogP contribution >= 0.6 is 0 Å². The second kappa shape index (κ2) is 45.3. The molecule has 0 aromatic heterocycles. The summed E-state index contributed by atoms with van der Waals surface area (Å²) in [5.41, 5.74) is 4.39. The number of hydrogen-bond donors (Lipinski definition) is 0. The van der Waals surface area contributed by atoms with Crippen molar-refractivity contribution < 1.29 is 25.9 Å². The molecule has 0 radical (unpaired) electrons. The first-order chi connectivity index (χ1) is 37.0. The normalized spacial score (nSPS) is 11.8. The summed E-state index contributed by atoms with van der Waals surface area (Å²) in [6.45, 7) is 9.03. The van der Waals surface area contributed by atoms with Crippen LogP contribution in [-0.4, -0.2) is 74.8 Å². The van der Waals surface area contributed by atoms with Crippen molar-refractivity contribution in [1.82, 2.24) is 0 Å². The van der Waals surface area contributed by atoms with Gasteiger partial charge in [0.05, 0.1) is 9.79 Å². The number of benzene rings is 4. The van der Waals surface area contributed by atoms with Crippen molar-refractivity contribution in [2.24, 2.45) is 0 Å². The van der Waals surface area contributed by atoms with Crippen molar-refractivity contribution in [2.45, 2.75) is 320 Å². The molecular formula is C68H110BaO6S2. The number of unbranched alkanes of at least 4 members (excludes halogenated alkanes) is 36. The first-order valence-electron chi connectivity index (χ1n) is 32.0. The van der Waals surface area contributed by atoms with Gasteiger partial charge in [0.15, 0.2) is 0 Å². The summed E-state index contributed by atoms with van der Waals surface area (Å²) < 4.78 is 72.8. The Bertz CT molecular complexity index is 2160. The first kappa shape index (κ1) is 71.9.